The molecule has 8 nitrogen and oxygen atoms in total. The van der Waals surface area contributed by atoms with Crippen molar-refractivity contribution < 1.29 is 14.3 Å². The lowest BCUT2D eigenvalue weighted by Crippen LogP contribution is -2.29. The third-order valence-corrected chi connectivity index (χ3v) is 8.59. The van der Waals surface area contributed by atoms with Crippen molar-refractivity contribution >= 4 is 60.8 Å². The maximum Gasteiger partial charge on any atom is 0.354 e. The van der Waals surface area contributed by atoms with Crippen LogP contribution in [0.2, 0.25) is 0 Å². The molecule has 5 rings (SSSR count). The van der Waals surface area contributed by atoms with Crippen LogP contribution in [0.25, 0.3) is 15.6 Å². The van der Waals surface area contributed by atoms with Crippen molar-refractivity contribution in [2.75, 3.05) is 24.6 Å². The van der Waals surface area contributed by atoms with Gasteiger partial charge in [-0.3, -0.25) is 0 Å². The van der Waals surface area contributed by atoms with Crippen LogP contribution in [0.3, 0.4) is 0 Å². The van der Waals surface area contributed by atoms with Gasteiger partial charge < -0.3 is 14.4 Å². The average molecular weight is 586 g/mol. The number of thiazole rings is 1. The lowest BCUT2D eigenvalue weighted by atomic mass is 10.1. The second kappa shape index (κ2) is 14.0. The molecule has 0 amide bonds. The lowest BCUT2D eigenvalue weighted by molar-refractivity contribution is -0.129. The summed E-state index contributed by atoms with van der Waals surface area (Å²) in [6.07, 6.45) is 8.57. The van der Waals surface area contributed by atoms with E-state index in [1.165, 1.54) is 53.7 Å². The number of fused-ring (bicyclic) bond motifs is 1. The van der Waals surface area contributed by atoms with Crippen molar-refractivity contribution in [1.82, 2.24) is 4.98 Å². The summed E-state index contributed by atoms with van der Waals surface area (Å²) >= 11 is 2.79. The summed E-state index contributed by atoms with van der Waals surface area (Å²) < 4.78 is 12.0. The Hall–Kier alpha value is -4.07. The smallest absolute Gasteiger partial charge is 0.354 e. The lowest BCUT2D eigenvalue weighted by Gasteiger charge is -2.28. The van der Waals surface area contributed by atoms with Crippen LogP contribution >= 0.6 is 22.7 Å². The molecule has 0 spiro atoms. The quantitative estimate of drug-likeness (QED) is 0.0435. The van der Waals surface area contributed by atoms with Crippen LogP contribution < -0.4 is 14.4 Å². The summed E-state index contributed by atoms with van der Waals surface area (Å²) in [6, 6.07) is 18.8. The predicted octanol–water partition coefficient (Wildman–Crippen LogP) is 8.85. The molecule has 41 heavy (non-hydrogen) atoms. The number of azo groups is 1. The van der Waals surface area contributed by atoms with Gasteiger partial charge in [0.25, 0.3) is 0 Å². The molecule has 0 bridgehead atoms. The van der Waals surface area contributed by atoms with Gasteiger partial charge in [0.2, 0.25) is 5.13 Å². The first-order valence-electron chi connectivity index (χ1n) is 13.9. The molecule has 3 heterocycles. The van der Waals surface area contributed by atoms with Gasteiger partial charge in [0.05, 0.1) is 17.0 Å². The van der Waals surface area contributed by atoms with Gasteiger partial charge in [-0.2, -0.15) is 5.26 Å². The van der Waals surface area contributed by atoms with E-state index in [1.807, 2.05) is 24.3 Å². The number of carbonyl (C=O) groups is 1. The minimum Gasteiger partial charge on any atom is -0.494 e. The Kier molecular flexibility index (Phi) is 9.73. The van der Waals surface area contributed by atoms with E-state index in [1.54, 1.807) is 24.3 Å². The number of carbonyl (C=O) groups excluding carboxylic acids is 1. The van der Waals surface area contributed by atoms with E-state index in [2.05, 4.69) is 39.2 Å². The Morgan fingerprint density at radius 1 is 1.02 bits per heavy atom. The molecule has 0 unspecified atom stereocenters. The van der Waals surface area contributed by atoms with E-state index in [0.717, 1.165) is 52.4 Å². The first kappa shape index (κ1) is 28.5. The number of nitrogens with zero attached hydrogens (tertiary/aromatic N) is 5. The number of aromatic nitrogens is 1. The van der Waals surface area contributed by atoms with Gasteiger partial charge in [0.1, 0.15) is 28.0 Å². The highest BCUT2D eigenvalue weighted by molar-refractivity contribution is 7.29. The van der Waals surface area contributed by atoms with E-state index in [-0.39, 0.29) is 5.57 Å². The van der Waals surface area contributed by atoms with Gasteiger partial charge in [-0.25, -0.2) is 9.78 Å². The third-order valence-electron chi connectivity index (χ3n) is 6.60. The van der Waals surface area contributed by atoms with Crippen molar-refractivity contribution in [3.05, 3.63) is 65.0 Å². The van der Waals surface area contributed by atoms with Gasteiger partial charge in [0, 0.05) is 23.7 Å². The number of nitriles is 1. The highest BCUT2D eigenvalue weighted by Gasteiger charge is 2.15. The number of ether oxygens (including phenoxy) is 2. The van der Waals surface area contributed by atoms with Crippen LogP contribution in [0, 0.1) is 11.3 Å². The van der Waals surface area contributed by atoms with Crippen molar-refractivity contribution in [1.29, 1.82) is 5.26 Å². The van der Waals surface area contributed by atoms with E-state index in [9.17, 15) is 10.1 Å². The molecule has 1 aliphatic heterocycles. The van der Waals surface area contributed by atoms with Crippen LogP contribution in [0.15, 0.2) is 70.4 Å². The number of unbranched alkanes of at least 4 members (excludes halogenated alkanes) is 2. The topological polar surface area (TPSA) is 100 Å². The standard InChI is InChI=1S/C31H31N5O3S2/c1-2-3-7-18-38-25-12-14-26(15-13-25)39-30(37)22(21-32)19-27-20-28-29(40-27)33-31(41-28)35-34-23-8-10-24(11-9-23)36-16-5-4-6-17-36/h8-15,19-20H,2-7,16-18H2,1H3/b22-19+,35-34+. The van der Waals surface area contributed by atoms with Gasteiger partial charge in [-0.1, -0.05) is 31.1 Å². The van der Waals surface area contributed by atoms with E-state index in [0.29, 0.717) is 23.2 Å². The van der Waals surface area contributed by atoms with Crippen molar-refractivity contribution in [2.45, 2.75) is 45.4 Å². The van der Waals surface area contributed by atoms with E-state index >= 15 is 0 Å². The summed E-state index contributed by atoms with van der Waals surface area (Å²) in [5, 5.41) is 18.8. The fraction of sp³-hybridized carbons (Fsp3) is 0.323. The number of piperidine rings is 1. The summed E-state index contributed by atoms with van der Waals surface area (Å²) in [6.45, 7) is 5.01. The number of thiophene rings is 1. The van der Waals surface area contributed by atoms with Crippen molar-refractivity contribution in [3.63, 3.8) is 0 Å². The zero-order valence-corrected chi connectivity index (χ0v) is 24.5. The molecule has 1 aliphatic rings. The molecule has 2 aromatic heterocycles. The molecule has 10 heteroatoms. The highest BCUT2D eigenvalue weighted by atomic mass is 32.1. The molecule has 2 aromatic carbocycles. The molecule has 210 valence electrons. The first-order valence-corrected chi connectivity index (χ1v) is 15.5. The van der Waals surface area contributed by atoms with Gasteiger partial charge in [0.15, 0.2) is 0 Å². The van der Waals surface area contributed by atoms with E-state index in [4.69, 9.17) is 9.47 Å². The number of esters is 1. The average Bonchev–Trinajstić information content (AvgIpc) is 3.57. The van der Waals surface area contributed by atoms with Gasteiger partial charge in [-0.05, 0) is 86.4 Å². The molecule has 0 aliphatic carbocycles. The number of hydrogen-bond acceptors (Lipinski definition) is 10. The van der Waals surface area contributed by atoms with Gasteiger partial charge in [-0.15, -0.1) is 21.6 Å². The number of benzene rings is 2. The predicted molar refractivity (Wildman–Crippen MR) is 165 cm³/mol. The van der Waals surface area contributed by atoms with Gasteiger partial charge >= 0.3 is 5.97 Å². The Labute approximate surface area is 247 Å². The molecular formula is C31H31N5O3S2. The molecule has 0 atom stereocenters. The maximum absolute atomic E-state index is 12.6. The summed E-state index contributed by atoms with van der Waals surface area (Å²) in [4.78, 5) is 21.1. The number of hydrogen-bond donors (Lipinski definition) is 0. The van der Waals surface area contributed by atoms with Crippen LogP contribution in [0.5, 0.6) is 11.5 Å². The molecular weight excluding hydrogens is 555 g/mol. The second-order valence-corrected chi connectivity index (χ2v) is 11.7. The second-order valence-electron chi connectivity index (χ2n) is 9.67. The first-order chi connectivity index (χ1) is 20.1. The van der Waals surface area contributed by atoms with Crippen LogP contribution in [-0.2, 0) is 4.79 Å². The summed E-state index contributed by atoms with van der Waals surface area (Å²) in [5.41, 5.74) is 1.91. The fourth-order valence-electron chi connectivity index (χ4n) is 4.43. The Morgan fingerprint density at radius 3 is 2.49 bits per heavy atom. The number of anilines is 1. The van der Waals surface area contributed by atoms with Crippen molar-refractivity contribution in [2.24, 2.45) is 10.2 Å². The zero-order valence-electron chi connectivity index (χ0n) is 22.9. The van der Waals surface area contributed by atoms with E-state index < -0.39 is 5.97 Å². The fourth-order valence-corrected chi connectivity index (χ4v) is 6.41. The minimum absolute atomic E-state index is 0.0910. The summed E-state index contributed by atoms with van der Waals surface area (Å²) in [7, 11) is 0. The monoisotopic (exact) mass is 585 g/mol. The molecule has 4 aromatic rings. The molecule has 1 saturated heterocycles. The minimum atomic E-state index is -0.713. The van der Waals surface area contributed by atoms with Crippen molar-refractivity contribution in [3.8, 4) is 17.6 Å². The van der Waals surface area contributed by atoms with Crippen LogP contribution in [0.4, 0.5) is 16.5 Å². The number of rotatable bonds is 11. The zero-order chi connectivity index (χ0) is 28.4. The largest absolute Gasteiger partial charge is 0.494 e. The summed E-state index contributed by atoms with van der Waals surface area (Å²) in [5.74, 6) is 0.351. The highest BCUT2D eigenvalue weighted by Crippen LogP contribution is 2.36. The molecule has 0 N–H and O–H groups in total. The van der Waals surface area contributed by atoms with Crippen LogP contribution in [-0.4, -0.2) is 30.6 Å². The third kappa shape index (κ3) is 7.78. The normalized spacial score (nSPS) is 14.0. The Bertz CT molecular complexity index is 1530. The molecule has 1 fully saturated rings. The molecule has 0 radical (unpaired) electrons. The van der Waals surface area contributed by atoms with Crippen LogP contribution in [0.1, 0.15) is 50.3 Å². The Morgan fingerprint density at radius 2 is 1.78 bits per heavy atom. The Balaban J connectivity index is 1.18. The molecule has 0 saturated carbocycles. The SMILES string of the molecule is CCCCCOc1ccc(OC(=O)/C(C#N)=C/c2cc3sc(/N=N/c4ccc(N5CCCCC5)cc4)nc3s2)cc1. The maximum atomic E-state index is 12.6.